The van der Waals surface area contributed by atoms with Crippen molar-refractivity contribution in [2.24, 2.45) is 0 Å². The topological polar surface area (TPSA) is 64.1 Å². The highest BCUT2D eigenvalue weighted by molar-refractivity contribution is 7.21. The van der Waals surface area contributed by atoms with Crippen LogP contribution >= 0.6 is 11.3 Å². The maximum atomic E-state index is 12.6. The average molecular weight is 375 g/mol. The number of carbonyl (C=O) groups excluding carboxylic acids is 1. The quantitative estimate of drug-likeness (QED) is 0.549. The van der Waals surface area contributed by atoms with Crippen molar-refractivity contribution < 1.29 is 9.53 Å². The van der Waals surface area contributed by atoms with Gasteiger partial charge in [0.05, 0.1) is 7.11 Å². The summed E-state index contributed by atoms with van der Waals surface area (Å²) >= 11 is 1.53. The Balaban J connectivity index is 1.65. The van der Waals surface area contributed by atoms with E-state index in [1.165, 1.54) is 11.3 Å². The van der Waals surface area contributed by atoms with Crippen molar-refractivity contribution in [2.75, 3.05) is 12.4 Å². The van der Waals surface area contributed by atoms with Crippen LogP contribution in [0.3, 0.4) is 0 Å². The number of nitrogens with one attached hydrogen (secondary N) is 1. The number of benzene rings is 2. The summed E-state index contributed by atoms with van der Waals surface area (Å²) < 4.78 is 5.19. The first-order valence-corrected chi connectivity index (χ1v) is 9.24. The van der Waals surface area contributed by atoms with Crippen molar-refractivity contribution in [3.05, 3.63) is 71.9 Å². The lowest BCUT2D eigenvalue weighted by molar-refractivity contribution is 0.102. The summed E-state index contributed by atoms with van der Waals surface area (Å²) in [6, 6.07) is 16.8. The zero-order chi connectivity index (χ0) is 18.8. The van der Waals surface area contributed by atoms with E-state index in [0.29, 0.717) is 11.3 Å². The third kappa shape index (κ3) is 3.52. The minimum absolute atomic E-state index is 0.180. The Morgan fingerprint density at radius 3 is 2.81 bits per heavy atom. The predicted molar refractivity (Wildman–Crippen MR) is 109 cm³/mol. The smallest absolute Gasteiger partial charge is 0.255 e. The molecule has 0 fully saturated rings. The first-order chi connectivity index (χ1) is 13.1. The van der Waals surface area contributed by atoms with E-state index in [2.05, 4.69) is 15.3 Å². The van der Waals surface area contributed by atoms with Crippen molar-refractivity contribution in [1.29, 1.82) is 0 Å². The number of hydrogen-bond donors (Lipinski definition) is 1. The fraction of sp³-hybridized carbons (Fsp3) is 0.0952. The first-order valence-electron chi connectivity index (χ1n) is 8.42. The van der Waals surface area contributed by atoms with Gasteiger partial charge in [-0.15, -0.1) is 0 Å². The zero-order valence-corrected chi connectivity index (χ0v) is 15.7. The van der Waals surface area contributed by atoms with Gasteiger partial charge in [-0.1, -0.05) is 29.5 Å². The van der Waals surface area contributed by atoms with Gasteiger partial charge in [0.2, 0.25) is 0 Å². The normalized spacial score (nSPS) is 10.7. The van der Waals surface area contributed by atoms with Crippen molar-refractivity contribution in [3.8, 4) is 16.3 Å². The number of nitrogens with zero attached hydrogens (tertiary/aromatic N) is 2. The van der Waals surface area contributed by atoms with Gasteiger partial charge < -0.3 is 10.1 Å². The van der Waals surface area contributed by atoms with Crippen LogP contribution in [0, 0.1) is 6.92 Å². The molecule has 4 rings (SSSR count). The number of pyridine rings is 1. The number of hydrogen-bond acceptors (Lipinski definition) is 5. The van der Waals surface area contributed by atoms with Crippen LogP contribution in [0.2, 0.25) is 0 Å². The maximum Gasteiger partial charge on any atom is 0.255 e. The number of thiazole rings is 1. The van der Waals surface area contributed by atoms with Gasteiger partial charge in [0.15, 0.2) is 0 Å². The molecule has 0 saturated heterocycles. The third-order valence-electron chi connectivity index (χ3n) is 4.23. The maximum absolute atomic E-state index is 12.6. The Kier molecular flexibility index (Phi) is 4.56. The van der Waals surface area contributed by atoms with Crippen molar-refractivity contribution >= 4 is 33.3 Å². The minimum Gasteiger partial charge on any atom is -0.497 e. The Bertz CT molecular complexity index is 1100. The lowest BCUT2D eigenvalue weighted by Crippen LogP contribution is -2.12. The summed E-state index contributed by atoms with van der Waals surface area (Å²) in [5.41, 5.74) is 4.11. The Hall–Kier alpha value is -3.25. The number of ether oxygens (including phenoxy) is 1. The number of aryl methyl sites for hydroxylation is 1. The molecule has 0 aliphatic heterocycles. The van der Waals surface area contributed by atoms with Gasteiger partial charge in [-0.25, -0.2) is 9.97 Å². The van der Waals surface area contributed by atoms with Crippen molar-refractivity contribution in [1.82, 2.24) is 9.97 Å². The molecule has 0 spiro atoms. The predicted octanol–water partition coefficient (Wildman–Crippen LogP) is 4.93. The van der Waals surface area contributed by atoms with E-state index in [0.717, 1.165) is 32.2 Å². The SMILES string of the molecule is COc1cccc(C(=O)Nc2cc(-c3nc4cccnc4s3)ccc2C)c1. The van der Waals surface area contributed by atoms with Crippen LogP contribution in [0.15, 0.2) is 60.8 Å². The monoisotopic (exact) mass is 375 g/mol. The second-order valence-electron chi connectivity index (χ2n) is 6.06. The van der Waals surface area contributed by atoms with Crippen LogP contribution in [0.25, 0.3) is 20.9 Å². The van der Waals surface area contributed by atoms with Crippen LogP contribution in [0.4, 0.5) is 5.69 Å². The van der Waals surface area contributed by atoms with E-state index in [1.54, 1.807) is 31.5 Å². The Morgan fingerprint density at radius 1 is 1.11 bits per heavy atom. The lowest BCUT2D eigenvalue weighted by Gasteiger charge is -2.10. The van der Waals surface area contributed by atoms with E-state index in [1.807, 2.05) is 43.3 Å². The molecule has 4 aromatic rings. The summed E-state index contributed by atoms with van der Waals surface area (Å²) in [5.74, 6) is 0.468. The molecule has 134 valence electrons. The van der Waals surface area contributed by atoms with Crippen LogP contribution in [0.5, 0.6) is 5.75 Å². The highest BCUT2D eigenvalue weighted by atomic mass is 32.1. The standard InChI is InChI=1S/C21H17N3O2S/c1-13-8-9-15(20-24-17-7-4-10-22-21(17)27-20)12-18(13)23-19(25)14-5-3-6-16(11-14)26-2/h3-12H,1-2H3,(H,23,25). The van der Waals surface area contributed by atoms with Gasteiger partial charge >= 0.3 is 0 Å². The number of rotatable bonds is 4. The highest BCUT2D eigenvalue weighted by Crippen LogP contribution is 2.31. The molecule has 6 heteroatoms. The molecule has 2 aromatic carbocycles. The van der Waals surface area contributed by atoms with E-state index in [9.17, 15) is 4.79 Å². The fourth-order valence-corrected chi connectivity index (χ4v) is 3.65. The molecule has 27 heavy (non-hydrogen) atoms. The molecular weight excluding hydrogens is 358 g/mol. The first kappa shape index (κ1) is 17.2. The summed E-state index contributed by atoms with van der Waals surface area (Å²) in [6.45, 7) is 1.96. The largest absolute Gasteiger partial charge is 0.497 e. The number of methoxy groups -OCH3 is 1. The molecule has 2 heterocycles. The second-order valence-corrected chi connectivity index (χ2v) is 7.04. The van der Waals surface area contributed by atoms with Gasteiger partial charge in [-0.2, -0.15) is 0 Å². The summed E-state index contributed by atoms with van der Waals surface area (Å²) in [4.78, 5) is 22.5. The summed E-state index contributed by atoms with van der Waals surface area (Å²) in [5, 5.41) is 3.86. The highest BCUT2D eigenvalue weighted by Gasteiger charge is 2.12. The van der Waals surface area contributed by atoms with E-state index >= 15 is 0 Å². The number of aromatic nitrogens is 2. The third-order valence-corrected chi connectivity index (χ3v) is 5.26. The zero-order valence-electron chi connectivity index (χ0n) is 14.9. The van der Waals surface area contributed by atoms with Crippen molar-refractivity contribution in [3.63, 3.8) is 0 Å². The molecule has 0 aliphatic rings. The van der Waals surface area contributed by atoms with E-state index in [4.69, 9.17) is 4.74 Å². The average Bonchev–Trinajstić information content (AvgIpc) is 3.14. The molecule has 0 saturated carbocycles. The van der Waals surface area contributed by atoms with E-state index < -0.39 is 0 Å². The molecule has 1 amide bonds. The van der Waals surface area contributed by atoms with E-state index in [-0.39, 0.29) is 5.91 Å². The second kappa shape index (κ2) is 7.17. The van der Waals surface area contributed by atoms with Crippen LogP contribution < -0.4 is 10.1 Å². The van der Waals surface area contributed by atoms with Crippen LogP contribution in [-0.2, 0) is 0 Å². The van der Waals surface area contributed by atoms with Crippen LogP contribution in [-0.4, -0.2) is 23.0 Å². The van der Waals surface area contributed by atoms with Crippen LogP contribution in [0.1, 0.15) is 15.9 Å². The summed E-state index contributed by atoms with van der Waals surface area (Å²) in [7, 11) is 1.58. The van der Waals surface area contributed by atoms with Gasteiger partial charge in [0.25, 0.3) is 5.91 Å². The summed E-state index contributed by atoms with van der Waals surface area (Å²) in [6.07, 6.45) is 1.76. The van der Waals surface area contributed by atoms with Gasteiger partial charge in [-0.3, -0.25) is 4.79 Å². The Morgan fingerprint density at radius 2 is 2.00 bits per heavy atom. The molecule has 0 radical (unpaired) electrons. The molecule has 2 aromatic heterocycles. The van der Waals surface area contributed by atoms with Gasteiger partial charge in [-0.05, 0) is 48.9 Å². The lowest BCUT2D eigenvalue weighted by atomic mass is 10.1. The molecule has 5 nitrogen and oxygen atoms in total. The number of amides is 1. The minimum atomic E-state index is -0.180. The molecule has 0 atom stereocenters. The number of fused-ring (bicyclic) bond motifs is 1. The number of anilines is 1. The van der Waals surface area contributed by atoms with Gasteiger partial charge in [0.1, 0.15) is 21.1 Å². The molecular formula is C21H17N3O2S. The fourth-order valence-electron chi connectivity index (χ4n) is 2.74. The molecule has 0 bridgehead atoms. The molecule has 0 aliphatic carbocycles. The van der Waals surface area contributed by atoms with Gasteiger partial charge in [0, 0.05) is 23.0 Å². The van der Waals surface area contributed by atoms with Crippen molar-refractivity contribution in [2.45, 2.75) is 6.92 Å². The Labute approximate surface area is 160 Å². The number of carbonyl (C=O) groups is 1. The molecule has 0 unspecified atom stereocenters. The molecule has 1 N–H and O–H groups in total.